The van der Waals surface area contributed by atoms with E-state index in [1.165, 1.54) is 23.9 Å². The molecule has 2 heterocycles. The fourth-order valence-corrected chi connectivity index (χ4v) is 5.63. The predicted molar refractivity (Wildman–Crippen MR) is 123 cm³/mol. The lowest BCUT2D eigenvalue weighted by molar-refractivity contribution is -0.116. The summed E-state index contributed by atoms with van der Waals surface area (Å²) in [6, 6.07) is 22.5. The third kappa shape index (κ3) is 2.55. The first-order valence-electron chi connectivity index (χ1n) is 9.60. The molecule has 31 heavy (non-hydrogen) atoms. The van der Waals surface area contributed by atoms with Crippen molar-refractivity contribution in [3.8, 4) is 0 Å². The van der Waals surface area contributed by atoms with Gasteiger partial charge in [0.15, 0.2) is 5.41 Å². The number of hydrogen-bond acceptors (Lipinski definition) is 8. The van der Waals surface area contributed by atoms with Crippen molar-refractivity contribution < 1.29 is 9.59 Å². The highest BCUT2D eigenvalue weighted by atomic mass is 32.2. The average Bonchev–Trinajstić information content (AvgIpc) is 3.06. The lowest BCUT2D eigenvalue weighted by Gasteiger charge is -2.34. The number of nitrogens with one attached hydrogen (secondary N) is 2. The molecule has 0 atom stereocenters. The molecule has 0 saturated carbocycles. The second kappa shape index (κ2) is 6.83. The van der Waals surface area contributed by atoms with Crippen LogP contribution in [0.4, 0.5) is 11.4 Å². The zero-order valence-electron chi connectivity index (χ0n) is 16.0. The predicted octanol–water partition coefficient (Wildman–Crippen LogP) is 4.37. The number of hydrogen-bond donors (Lipinski definition) is 2. The van der Waals surface area contributed by atoms with Gasteiger partial charge in [0.25, 0.3) is 0 Å². The molecule has 0 unspecified atom stereocenters. The molecule has 6 rings (SSSR count). The average molecular weight is 443 g/mol. The molecule has 0 spiro atoms. The number of Topliss-reactive ketones (excluding diaryl/α,β-unsaturated/α-hetero) is 2. The Labute approximate surface area is 186 Å². The van der Waals surface area contributed by atoms with E-state index >= 15 is 0 Å². The van der Waals surface area contributed by atoms with E-state index in [0.29, 0.717) is 22.8 Å². The molecule has 0 amide bonds. The number of aliphatic imine (C=N–C) groups is 2. The van der Waals surface area contributed by atoms with Gasteiger partial charge in [-0.15, -0.1) is 0 Å². The summed E-state index contributed by atoms with van der Waals surface area (Å²) in [6.07, 6.45) is 0. The Balaban J connectivity index is 1.65. The minimum atomic E-state index is -1.46. The second-order valence-corrected chi connectivity index (χ2v) is 8.91. The van der Waals surface area contributed by atoms with Gasteiger partial charge in [-0.2, -0.15) is 0 Å². The number of rotatable bonds is 2. The van der Waals surface area contributed by atoms with Gasteiger partial charge in [-0.3, -0.25) is 9.59 Å². The Bertz CT molecular complexity index is 1280. The molecule has 3 aliphatic rings. The Hall–Kier alpha value is -3.36. The van der Waals surface area contributed by atoms with Crippen molar-refractivity contribution in [3.63, 3.8) is 0 Å². The molecule has 6 nitrogen and oxygen atoms in total. The van der Waals surface area contributed by atoms with E-state index in [1.54, 1.807) is 12.1 Å². The number of carbonyl (C=O) groups is 2. The van der Waals surface area contributed by atoms with Gasteiger partial charge in [-0.1, -0.05) is 48.5 Å². The molecule has 0 aromatic heterocycles. The molecule has 0 bridgehead atoms. The lowest BCUT2D eigenvalue weighted by Crippen LogP contribution is -2.57. The Kier molecular flexibility index (Phi) is 4.06. The van der Waals surface area contributed by atoms with Crippen LogP contribution in [0.15, 0.2) is 92.6 Å². The zero-order chi connectivity index (χ0) is 21.0. The van der Waals surface area contributed by atoms with Crippen LogP contribution in [0.3, 0.4) is 0 Å². The topological polar surface area (TPSA) is 82.9 Å². The molecular weight excluding hydrogens is 428 g/mol. The molecule has 0 saturated heterocycles. The first-order chi connectivity index (χ1) is 15.2. The van der Waals surface area contributed by atoms with Gasteiger partial charge in [0.1, 0.15) is 11.7 Å². The van der Waals surface area contributed by atoms with Gasteiger partial charge in [-0.05, 0) is 53.7 Å². The minimum absolute atomic E-state index is 0.380. The van der Waals surface area contributed by atoms with Crippen LogP contribution in [-0.4, -0.2) is 23.2 Å². The van der Waals surface area contributed by atoms with Gasteiger partial charge in [0, 0.05) is 5.56 Å². The van der Waals surface area contributed by atoms with Crippen molar-refractivity contribution >= 4 is 58.5 Å². The Morgan fingerprint density at radius 2 is 1.19 bits per heavy atom. The zero-order valence-corrected chi connectivity index (χ0v) is 17.6. The molecule has 3 aromatic carbocycles. The van der Waals surface area contributed by atoms with E-state index < -0.39 is 17.0 Å². The van der Waals surface area contributed by atoms with Gasteiger partial charge < -0.3 is 9.44 Å². The molecule has 2 aliphatic heterocycles. The summed E-state index contributed by atoms with van der Waals surface area (Å²) < 4.78 is 6.47. The highest BCUT2D eigenvalue weighted by Crippen LogP contribution is 2.45. The second-order valence-electron chi connectivity index (χ2n) is 7.22. The molecule has 8 heteroatoms. The fraction of sp³-hybridized carbons (Fsp3) is 0.0435. The third-order valence-electron chi connectivity index (χ3n) is 5.54. The summed E-state index contributed by atoms with van der Waals surface area (Å²) in [5, 5.41) is 0. The SMILES string of the molecule is O=C1C(=O)C(C2=Nc3ccccc3SN2)(C2=Nc3ccccc3SN2)c2ccccc21. The summed E-state index contributed by atoms with van der Waals surface area (Å²) in [5.41, 5.74) is 0.996. The Morgan fingerprint density at radius 1 is 0.677 bits per heavy atom. The summed E-state index contributed by atoms with van der Waals surface area (Å²) in [4.78, 5) is 38.2. The summed E-state index contributed by atoms with van der Waals surface area (Å²) in [6.45, 7) is 0. The Morgan fingerprint density at radius 3 is 1.81 bits per heavy atom. The van der Waals surface area contributed by atoms with Crippen LogP contribution in [0.5, 0.6) is 0 Å². The first kappa shape index (κ1) is 18.4. The molecule has 150 valence electrons. The quantitative estimate of drug-likeness (QED) is 0.453. The van der Waals surface area contributed by atoms with Crippen LogP contribution in [0, 0.1) is 0 Å². The van der Waals surface area contributed by atoms with Crippen LogP contribution in [0.25, 0.3) is 0 Å². The van der Waals surface area contributed by atoms with E-state index in [0.717, 1.165) is 21.2 Å². The molecule has 0 radical (unpaired) electrons. The van der Waals surface area contributed by atoms with Crippen molar-refractivity contribution in [1.82, 2.24) is 9.44 Å². The number of amidine groups is 2. The van der Waals surface area contributed by atoms with Crippen molar-refractivity contribution in [2.75, 3.05) is 0 Å². The van der Waals surface area contributed by atoms with Gasteiger partial charge >= 0.3 is 0 Å². The van der Waals surface area contributed by atoms with Crippen LogP contribution in [0.1, 0.15) is 15.9 Å². The van der Waals surface area contributed by atoms with E-state index in [2.05, 4.69) is 9.44 Å². The van der Waals surface area contributed by atoms with Crippen LogP contribution < -0.4 is 9.44 Å². The van der Waals surface area contributed by atoms with E-state index in [1.807, 2.05) is 60.7 Å². The molecular formula is C23H14N4O2S2. The molecule has 3 aromatic rings. The van der Waals surface area contributed by atoms with Gasteiger partial charge in [0.2, 0.25) is 11.6 Å². The van der Waals surface area contributed by atoms with Crippen molar-refractivity contribution in [3.05, 3.63) is 83.9 Å². The number of nitrogens with zero attached hydrogens (tertiary/aromatic N) is 2. The monoisotopic (exact) mass is 442 g/mol. The maximum absolute atomic E-state index is 13.7. The summed E-state index contributed by atoms with van der Waals surface area (Å²) in [7, 11) is 0. The van der Waals surface area contributed by atoms with E-state index in [4.69, 9.17) is 9.98 Å². The van der Waals surface area contributed by atoms with Crippen LogP contribution in [0.2, 0.25) is 0 Å². The smallest absolute Gasteiger partial charge is 0.230 e. The van der Waals surface area contributed by atoms with Crippen molar-refractivity contribution in [1.29, 1.82) is 0 Å². The van der Waals surface area contributed by atoms with Crippen molar-refractivity contribution in [2.24, 2.45) is 9.98 Å². The molecule has 2 N–H and O–H groups in total. The maximum Gasteiger partial charge on any atom is 0.230 e. The third-order valence-corrected chi connectivity index (χ3v) is 7.26. The number of para-hydroxylation sites is 2. The lowest BCUT2D eigenvalue weighted by atomic mass is 9.78. The highest BCUT2D eigenvalue weighted by molar-refractivity contribution is 7.98. The fourth-order valence-electron chi connectivity index (χ4n) is 4.09. The minimum Gasteiger partial charge on any atom is -0.312 e. The van der Waals surface area contributed by atoms with Gasteiger partial charge in [0.05, 0.1) is 21.2 Å². The maximum atomic E-state index is 13.7. The standard InChI is InChI=1S/C23H14N4O2S2/c28-19-13-7-1-2-8-14(13)23(20(19)29,21-24-15-9-3-5-11-17(15)30-26-21)22-25-16-10-4-6-12-18(16)31-27-22/h1-12H,(H,24,26)(H,25,27). The number of benzene rings is 3. The largest absolute Gasteiger partial charge is 0.312 e. The molecule has 1 aliphatic carbocycles. The molecule has 0 fully saturated rings. The van der Waals surface area contributed by atoms with Gasteiger partial charge in [-0.25, -0.2) is 9.98 Å². The van der Waals surface area contributed by atoms with E-state index in [9.17, 15) is 9.59 Å². The van der Waals surface area contributed by atoms with E-state index in [-0.39, 0.29) is 0 Å². The summed E-state index contributed by atoms with van der Waals surface area (Å²) in [5.74, 6) is -0.333. The first-order valence-corrected chi connectivity index (χ1v) is 11.2. The van der Waals surface area contributed by atoms with Crippen molar-refractivity contribution in [2.45, 2.75) is 15.2 Å². The number of ketones is 2. The summed E-state index contributed by atoms with van der Waals surface area (Å²) >= 11 is 2.75. The normalized spacial score (nSPS) is 18.1. The number of fused-ring (bicyclic) bond motifs is 3. The number of carbonyl (C=O) groups excluding carboxylic acids is 2. The van der Waals surface area contributed by atoms with Crippen LogP contribution in [-0.2, 0) is 10.2 Å². The highest BCUT2D eigenvalue weighted by Gasteiger charge is 2.60. The van der Waals surface area contributed by atoms with Crippen LogP contribution >= 0.6 is 23.9 Å².